The summed E-state index contributed by atoms with van der Waals surface area (Å²) < 4.78 is 5.55. The minimum atomic E-state index is -0.794. The Hall–Kier alpha value is -1.32. The summed E-state index contributed by atoms with van der Waals surface area (Å²) in [7, 11) is 0. The molecule has 0 saturated heterocycles. The molecule has 0 amide bonds. The molecule has 2 rings (SSSR count). The van der Waals surface area contributed by atoms with Crippen LogP contribution in [0.15, 0.2) is 12.2 Å². The van der Waals surface area contributed by atoms with E-state index in [1.165, 1.54) is 12.5 Å². The highest BCUT2D eigenvalue weighted by Crippen LogP contribution is 2.59. The molecule has 0 bridgehead atoms. The summed E-state index contributed by atoms with van der Waals surface area (Å²) in [5.74, 6) is -1.61. The molecular weight excluding hydrogens is 256 g/mol. The first kappa shape index (κ1) is 15.1. The van der Waals surface area contributed by atoms with Crippen LogP contribution in [0.2, 0.25) is 0 Å². The largest absolute Gasteiger partial charge is 0.481 e. The van der Waals surface area contributed by atoms with Gasteiger partial charge in [0, 0.05) is 6.08 Å². The Kier molecular flexibility index (Phi) is 3.94. The smallest absolute Gasteiger partial charge is 0.330 e. The van der Waals surface area contributed by atoms with E-state index in [2.05, 4.69) is 0 Å². The molecular formula is C16H24O4. The average Bonchev–Trinajstić information content (AvgIpc) is 2.89. The lowest BCUT2D eigenvalue weighted by Crippen LogP contribution is -2.33. The average molecular weight is 280 g/mol. The number of esters is 1. The van der Waals surface area contributed by atoms with E-state index in [0.29, 0.717) is 0 Å². The van der Waals surface area contributed by atoms with Crippen LogP contribution in [0.25, 0.3) is 0 Å². The molecule has 2 saturated carbocycles. The fraction of sp³-hybridized carbons (Fsp3) is 0.750. The molecule has 0 aliphatic heterocycles. The van der Waals surface area contributed by atoms with Crippen molar-refractivity contribution < 1.29 is 19.4 Å². The van der Waals surface area contributed by atoms with E-state index >= 15 is 0 Å². The number of allylic oxidation sites excluding steroid dienone is 1. The zero-order valence-electron chi connectivity index (χ0n) is 12.5. The topological polar surface area (TPSA) is 63.6 Å². The van der Waals surface area contributed by atoms with E-state index in [1.807, 2.05) is 20.8 Å². The van der Waals surface area contributed by atoms with Gasteiger partial charge in [-0.1, -0.05) is 26.3 Å². The Bertz CT molecular complexity index is 430. The number of carboxylic acid groups (broad SMARTS) is 1. The summed E-state index contributed by atoms with van der Waals surface area (Å²) >= 11 is 0. The zero-order chi connectivity index (χ0) is 15.0. The van der Waals surface area contributed by atoms with Gasteiger partial charge in [0.05, 0.1) is 5.92 Å². The van der Waals surface area contributed by atoms with Crippen molar-refractivity contribution in [1.29, 1.82) is 0 Å². The molecule has 112 valence electrons. The van der Waals surface area contributed by atoms with E-state index < -0.39 is 11.9 Å². The molecule has 4 nitrogen and oxygen atoms in total. The molecule has 4 heteroatoms. The first-order chi connectivity index (χ1) is 9.26. The van der Waals surface area contributed by atoms with Gasteiger partial charge in [-0.15, -0.1) is 0 Å². The molecule has 1 N–H and O–H groups in total. The highest BCUT2D eigenvalue weighted by Gasteiger charge is 2.60. The summed E-state index contributed by atoms with van der Waals surface area (Å²) in [6, 6.07) is 0. The summed E-state index contributed by atoms with van der Waals surface area (Å²) in [5.41, 5.74) is -0.609. The Morgan fingerprint density at radius 2 is 1.75 bits per heavy atom. The van der Waals surface area contributed by atoms with Crippen molar-refractivity contribution in [2.45, 2.75) is 58.5 Å². The number of carbonyl (C=O) groups is 2. The van der Waals surface area contributed by atoms with Crippen LogP contribution in [0.5, 0.6) is 0 Å². The van der Waals surface area contributed by atoms with E-state index in [-0.39, 0.29) is 22.9 Å². The summed E-state index contributed by atoms with van der Waals surface area (Å²) in [6.07, 6.45) is 8.36. The Morgan fingerprint density at radius 1 is 1.15 bits per heavy atom. The second kappa shape index (κ2) is 5.23. The highest BCUT2D eigenvalue weighted by atomic mass is 16.6. The molecule has 2 fully saturated rings. The second-order valence-electron chi connectivity index (χ2n) is 6.95. The van der Waals surface area contributed by atoms with E-state index in [9.17, 15) is 9.59 Å². The molecule has 0 radical (unpaired) electrons. The SMILES string of the molecule is CC1(OC(=O)C=CC2C(C(=O)O)C2(C)C)CCCCC1. The van der Waals surface area contributed by atoms with Crippen molar-refractivity contribution in [3.8, 4) is 0 Å². The van der Waals surface area contributed by atoms with Crippen LogP contribution in [-0.2, 0) is 14.3 Å². The molecule has 0 spiro atoms. The Labute approximate surface area is 120 Å². The predicted molar refractivity (Wildman–Crippen MR) is 75.1 cm³/mol. The highest BCUT2D eigenvalue weighted by molar-refractivity contribution is 5.83. The second-order valence-corrected chi connectivity index (χ2v) is 6.95. The fourth-order valence-electron chi connectivity index (χ4n) is 3.37. The summed E-state index contributed by atoms with van der Waals surface area (Å²) in [4.78, 5) is 22.9. The van der Waals surface area contributed by atoms with Crippen LogP contribution in [0.4, 0.5) is 0 Å². The standard InChI is InChI=1S/C16H24O4/c1-15(2)11(13(15)14(18)19)7-8-12(17)20-16(3)9-5-4-6-10-16/h7-8,11,13H,4-6,9-10H2,1-3H3,(H,18,19). The maximum absolute atomic E-state index is 11.9. The van der Waals surface area contributed by atoms with Gasteiger partial charge in [-0.2, -0.15) is 0 Å². The van der Waals surface area contributed by atoms with Crippen molar-refractivity contribution in [2.75, 3.05) is 0 Å². The first-order valence-corrected chi connectivity index (χ1v) is 7.40. The lowest BCUT2D eigenvalue weighted by atomic mass is 9.86. The van der Waals surface area contributed by atoms with Gasteiger partial charge < -0.3 is 9.84 Å². The van der Waals surface area contributed by atoms with Gasteiger partial charge in [0.25, 0.3) is 0 Å². The molecule has 0 aromatic carbocycles. The molecule has 2 unspecified atom stereocenters. The number of carbonyl (C=O) groups excluding carboxylic acids is 1. The third-order valence-electron chi connectivity index (χ3n) is 4.87. The number of hydrogen-bond acceptors (Lipinski definition) is 3. The van der Waals surface area contributed by atoms with Gasteiger partial charge in [-0.05, 0) is 43.9 Å². The lowest BCUT2D eigenvalue weighted by Gasteiger charge is -2.32. The molecule has 0 heterocycles. The Morgan fingerprint density at radius 3 is 2.25 bits per heavy atom. The van der Waals surface area contributed by atoms with Gasteiger partial charge in [0.2, 0.25) is 0 Å². The monoisotopic (exact) mass is 280 g/mol. The maximum Gasteiger partial charge on any atom is 0.330 e. The fourth-order valence-corrected chi connectivity index (χ4v) is 3.37. The third-order valence-corrected chi connectivity index (χ3v) is 4.87. The van der Waals surface area contributed by atoms with E-state index in [0.717, 1.165) is 25.7 Å². The van der Waals surface area contributed by atoms with Crippen molar-refractivity contribution >= 4 is 11.9 Å². The predicted octanol–water partition coefficient (Wildman–Crippen LogP) is 3.17. The van der Waals surface area contributed by atoms with Gasteiger partial charge in [-0.3, -0.25) is 4.79 Å². The first-order valence-electron chi connectivity index (χ1n) is 7.40. The molecule has 2 aliphatic carbocycles. The minimum Gasteiger partial charge on any atom is -0.481 e. The van der Waals surface area contributed by atoms with Crippen molar-refractivity contribution in [3.05, 3.63) is 12.2 Å². The summed E-state index contributed by atoms with van der Waals surface area (Å²) in [5, 5.41) is 9.08. The normalized spacial score (nSPS) is 30.9. The van der Waals surface area contributed by atoms with Crippen LogP contribution < -0.4 is 0 Å². The van der Waals surface area contributed by atoms with Crippen LogP contribution in [0.1, 0.15) is 52.9 Å². The van der Waals surface area contributed by atoms with Gasteiger partial charge in [-0.25, -0.2) is 4.79 Å². The van der Waals surface area contributed by atoms with Crippen LogP contribution in [0, 0.1) is 17.3 Å². The number of hydrogen-bond donors (Lipinski definition) is 1. The van der Waals surface area contributed by atoms with Gasteiger partial charge in [0.15, 0.2) is 0 Å². The minimum absolute atomic E-state index is 0.0771. The Balaban J connectivity index is 1.89. The zero-order valence-corrected chi connectivity index (χ0v) is 12.5. The molecule has 0 aromatic heterocycles. The van der Waals surface area contributed by atoms with Crippen LogP contribution in [0.3, 0.4) is 0 Å². The molecule has 2 aliphatic rings. The van der Waals surface area contributed by atoms with Gasteiger partial charge >= 0.3 is 11.9 Å². The maximum atomic E-state index is 11.9. The lowest BCUT2D eigenvalue weighted by molar-refractivity contribution is -0.154. The van der Waals surface area contributed by atoms with E-state index in [1.54, 1.807) is 6.08 Å². The van der Waals surface area contributed by atoms with Crippen LogP contribution in [-0.4, -0.2) is 22.6 Å². The quantitative estimate of drug-likeness (QED) is 0.634. The van der Waals surface area contributed by atoms with Crippen molar-refractivity contribution in [1.82, 2.24) is 0 Å². The van der Waals surface area contributed by atoms with Crippen LogP contribution >= 0.6 is 0 Å². The van der Waals surface area contributed by atoms with Gasteiger partial charge in [0.1, 0.15) is 5.60 Å². The number of carboxylic acids is 1. The molecule has 2 atom stereocenters. The van der Waals surface area contributed by atoms with Crippen molar-refractivity contribution in [2.24, 2.45) is 17.3 Å². The number of ether oxygens (including phenoxy) is 1. The summed E-state index contributed by atoms with van der Waals surface area (Å²) in [6.45, 7) is 5.81. The van der Waals surface area contributed by atoms with E-state index in [4.69, 9.17) is 9.84 Å². The number of aliphatic carboxylic acids is 1. The molecule has 0 aromatic rings. The molecule has 20 heavy (non-hydrogen) atoms. The number of rotatable bonds is 4. The van der Waals surface area contributed by atoms with Crippen molar-refractivity contribution in [3.63, 3.8) is 0 Å². The third kappa shape index (κ3) is 3.05.